The van der Waals surface area contributed by atoms with Gasteiger partial charge >= 0.3 is 6.61 Å². The number of alkyl halides is 2. The molecule has 0 radical (unpaired) electrons. The average Bonchev–Trinajstić information content (AvgIpc) is 3.14. The van der Waals surface area contributed by atoms with Gasteiger partial charge in [-0.1, -0.05) is 17.7 Å². The Morgan fingerprint density at radius 3 is 2.53 bits per heavy atom. The highest BCUT2D eigenvalue weighted by atomic mass is 35.5. The number of nitrogens with zero attached hydrogens (tertiary/aromatic N) is 2. The zero-order chi connectivity index (χ0) is 22.1. The van der Waals surface area contributed by atoms with Gasteiger partial charge in [0.25, 0.3) is 10.0 Å². The predicted molar refractivity (Wildman–Crippen MR) is 102 cm³/mol. The fraction of sp³-hybridized carbons (Fsp3) is 0.176. The van der Waals surface area contributed by atoms with Crippen molar-refractivity contribution in [3.63, 3.8) is 0 Å². The van der Waals surface area contributed by atoms with Crippen molar-refractivity contribution in [1.82, 2.24) is 15.0 Å². The summed E-state index contributed by atoms with van der Waals surface area (Å²) in [6.07, 6.45) is 1.10. The van der Waals surface area contributed by atoms with Crippen LogP contribution >= 0.6 is 11.6 Å². The van der Waals surface area contributed by atoms with Crippen LogP contribution in [0.4, 0.5) is 19.0 Å². The van der Waals surface area contributed by atoms with Crippen molar-refractivity contribution in [3.05, 3.63) is 64.5 Å². The summed E-state index contributed by atoms with van der Waals surface area (Å²) in [7, 11) is -4.07. The van der Waals surface area contributed by atoms with Crippen LogP contribution < -0.4 is 15.2 Å². The summed E-state index contributed by atoms with van der Waals surface area (Å²) < 4.78 is 65.9. The van der Waals surface area contributed by atoms with E-state index >= 15 is 0 Å². The van der Waals surface area contributed by atoms with E-state index in [2.05, 4.69) is 25.0 Å². The summed E-state index contributed by atoms with van der Waals surface area (Å²) in [6, 6.07) is 5.70. The molecule has 0 saturated heterocycles. The van der Waals surface area contributed by atoms with Gasteiger partial charge in [-0.05, 0) is 36.8 Å². The second-order valence-corrected chi connectivity index (χ2v) is 7.99. The Morgan fingerprint density at radius 2 is 1.97 bits per heavy atom. The maximum Gasteiger partial charge on any atom is 0.387 e. The molecular formula is C17H15ClF3N5O3S. The van der Waals surface area contributed by atoms with Crippen LogP contribution in [0.2, 0.25) is 5.02 Å². The molecule has 8 nitrogen and oxygen atoms in total. The molecule has 0 aliphatic rings. The van der Waals surface area contributed by atoms with Crippen molar-refractivity contribution in [2.24, 2.45) is 5.14 Å². The number of aromatic nitrogens is 3. The fourth-order valence-electron chi connectivity index (χ4n) is 2.61. The smallest absolute Gasteiger partial charge is 0.387 e. The average molecular weight is 462 g/mol. The van der Waals surface area contributed by atoms with Crippen LogP contribution in [-0.4, -0.2) is 30.0 Å². The summed E-state index contributed by atoms with van der Waals surface area (Å²) in [5, 5.41) is 7.51. The Labute approximate surface area is 174 Å². The summed E-state index contributed by atoms with van der Waals surface area (Å²) in [6.45, 7) is -1.53. The monoisotopic (exact) mass is 461 g/mol. The van der Waals surface area contributed by atoms with E-state index in [0.29, 0.717) is 5.56 Å². The first-order valence-corrected chi connectivity index (χ1v) is 10.2. The topological polar surface area (TPSA) is 123 Å². The highest BCUT2D eigenvalue weighted by Crippen LogP contribution is 2.29. The van der Waals surface area contributed by atoms with Crippen LogP contribution in [0.5, 0.6) is 5.75 Å². The lowest BCUT2D eigenvalue weighted by Gasteiger charge is -2.19. The Bertz CT molecular complexity index is 1170. The van der Waals surface area contributed by atoms with Crippen LogP contribution in [0, 0.1) is 12.7 Å². The standard InChI is InChI=1S/C17H15ClF3N5O3S/c1-8-12(29-17(20)21)4-5-13(24-8)25-15(9-2-3-11(19)10(18)6-9)16-23-7-14(26-16)30(22,27)28/h2-7,15,17H,1H3,(H,23,26)(H,24,25)(H2,22,27,28). The van der Waals surface area contributed by atoms with Gasteiger partial charge < -0.3 is 15.0 Å². The maximum atomic E-state index is 13.6. The minimum absolute atomic E-state index is 0.105. The Hall–Kier alpha value is -2.83. The minimum atomic E-state index is -4.07. The lowest BCUT2D eigenvalue weighted by molar-refractivity contribution is -0.0505. The number of pyridine rings is 1. The molecule has 13 heteroatoms. The molecule has 0 aliphatic carbocycles. The minimum Gasteiger partial charge on any atom is -0.433 e. The van der Waals surface area contributed by atoms with E-state index in [1.54, 1.807) is 0 Å². The number of rotatable bonds is 7. The number of benzene rings is 1. The number of hydrogen-bond acceptors (Lipinski definition) is 6. The molecular weight excluding hydrogens is 447 g/mol. The summed E-state index contributed by atoms with van der Waals surface area (Å²) in [4.78, 5) is 10.8. The Morgan fingerprint density at radius 1 is 1.23 bits per heavy atom. The molecule has 0 amide bonds. The van der Waals surface area contributed by atoms with E-state index in [4.69, 9.17) is 16.7 Å². The van der Waals surface area contributed by atoms with Gasteiger partial charge in [0, 0.05) is 6.20 Å². The number of H-pyrrole nitrogens is 1. The van der Waals surface area contributed by atoms with Crippen molar-refractivity contribution < 1.29 is 26.3 Å². The first-order chi connectivity index (χ1) is 14.0. The van der Waals surface area contributed by atoms with Crippen molar-refractivity contribution in [2.75, 3.05) is 5.32 Å². The van der Waals surface area contributed by atoms with Crippen LogP contribution in [0.15, 0.2) is 41.6 Å². The van der Waals surface area contributed by atoms with Crippen molar-refractivity contribution in [1.29, 1.82) is 0 Å². The fourth-order valence-corrected chi connectivity index (χ4v) is 3.25. The van der Waals surface area contributed by atoms with E-state index in [9.17, 15) is 21.6 Å². The van der Waals surface area contributed by atoms with Gasteiger partial charge in [-0.15, -0.1) is 0 Å². The first kappa shape index (κ1) is 21.9. The van der Waals surface area contributed by atoms with Gasteiger partial charge in [0.1, 0.15) is 29.3 Å². The van der Waals surface area contributed by atoms with E-state index in [0.717, 1.165) is 12.3 Å². The number of sulfonamides is 1. The molecule has 30 heavy (non-hydrogen) atoms. The first-order valence-electron chi connectivity index (χ1n) is 8.26. The number of anilines is 1. The normalized spacial score (nSPS) is 12.8. The molecule has 4 N–H and O–H groups in total. The second-order valence-electron chi connectivity index (χ2n) is 6.08. The molecule has 3 aromatic rings. The number of nitrogens with two attached hydrogens (primary N) is 1. The van der Waals surface area contributed by atoms with Gasteiger partial charge in [-0.25, -0.2) is 27.9 Å². The lowest BCUT2D eigenvalue weighted by atomic mass is 10.1. The van der Waals surface area contributed by atoms with Crippen molar-refractivity contribution >= 4 is 27.4 Å². The number of nitrogens with one attached hydrogen (secondary N) is 2. The van der Waals surface area contributed by atoms with E-state index in [1.165, 1.54) is 31.2 Å². The molecule has 2 aromatic heterocycles. The lowest BCUT2D eigenvalue weighted by Crippen LogP contribution is -2.17. The maximum absolute atomic E-state index is 13.6. The van der Waals surface area contributed by atoms with E-state index in [1.807, 2.05) is 0 Å². The summed E-state index contributed by atoms with van der Waals surface area (Å²) in [5.41, 5.74) is 0.602. The number of aromatic amines is 1. The van der Waals surface area contributed by atoms with E-state index < -0.39 is 33.5 Å². The zero-order valence-corrected chi connectivity index (χ0v) is 16.8. The third kappa shape index (κ3) is 5.01. The quantitative estimate of drug-likeness (QED) is 0.496. The molecule has 1 aromatic carbocycles. The number of hydrogen-bond donors (Lipinski definition) is 3. The molecule has 1 unspecified atom stereocenters. The number of aryl methyl sites for hydroxylation is 1. The second kappa shape index (κ2) is 8.50. The SMILES string of the molecule is Cc1nc(NC(c2ccc(F)c(Cl)c2)c2nc(S(N)(=O)=O)c[nH]2)ccc1OC(F)F. The van der Waals surface area contributed by atoms with E-state index in [-0.39, 0.29) is 28.1 Å². The third-order valence-corrected chi connectivity index (χ3v) is 5.04. The molecule has 1 atom stereocenters. The zero-order valence-electron chi connectivity index (χ0n) is 15.2. The van der Waals surface area contributed by atoms with Gasteiger partial charge in [-0.2, -0.15) is 8.78 Å². The number of imidazole rings is 1. The third-order valence-electron chi connectivity index (χ3n) is 3.96. The summed E-state index contributed by atoms with van der Waals surface area (Å²) in [5.74, 6) is -0.403. The number of ether oxygens (including phenoxy) is 1. The highest BCUT2D eigenvalue weighted by Gasteiger charge is 2.22. The van der Waals surface area contributed by atoms with Crippen LogP contribution in [0.1, 0.15) is 23.1 Å². The summed E-state index contributed by atoms with van der Waals surface area (Å²) >= 11 is 5.87. The van der Waals surface area contributed by atoms with Gasteiger partial charge in [-0.3, -0.25) is 0 Å². The van der Waals surface area contributed by atoms with Crippen LogP contribution in [0.3, 0.4) is 0 Å². The molecule has 0 saturated carbocycles. The highest BCUT2D eigenvalue weighted by molar-refractivity contribution is 7.89. The number of primary sulfonamides is 1. The van der Waals surface area contributed by atoms with Crippen molar-refractivity contribution in [2.45, 2.75) is 24.6 Å². The Balaban J connectivity index is 2.00. The molecule has 3 rings (SSSR count). The number of halogens is 4. The molecule has 0 spiro atoms. The Kier molecular flexibility index (Phi) is 6.19. The molecule has 0 aliphatic heterocycles. The van der Waals surface area contributed by atoms with Gasteiger partial charge in [0.15, 0.2) is 5.03 Å². The molecule has 0 fully saturated rings. The van der Waals surface area contributed by atoms with Crippen LogP contribution in [0.25, 0.3) is 0 Å². The largest absolute Gasteiger partial charge is 0.433 e. The molecule has 2 heterocycles. The van der Waals surface area contributed by atoms with Gasteiger partial charge in [0.05, 0.1) is 10.7 Å². The predicted octanol–water partition coefficient (Wildman–Crippen LogP) is 3.36. The molecule has 0 bridgehead atoms. The van der Waals surface area contributed by atoms with Gasteiger partial charge in [0.2, 0.25) is 0 Å². The van der Waals surface area contributed by atoms with Crippen LogP contribution in [-0.2, 0) is 10.0 Å². The molecule has 160 valence electrons. The van der Waals surface area contributed by atoms with Crippen molar-refractivity contribution in [3.8, 4) is 5.75 Å².